The summed E-state index contributed by atoms with van der Waals surface area (Å²) in [7, 11) is -2.13. The van der Waals surface area contributed by atoms with Gasteiger partial charge in [0.15, 0.2) is 0 Å². The molecular weight excluding hydrogens is 280 g/mol. The van der Waals surface area contributed by atoms with Crippen LogP contribution in [0.1, 0.15) is 25.3 Å². The minimum atomic E-state index is -3.61. The van der Waals surface area contributed by atoms with Gasteiger partial charge >= 0.3 is 0 Å². The van der Waals surface area contributed by atoms with E-state index in [1.807, 2.05) is 6.07 Å². The van der Waals surface area contributed by atoms with Gasteiger partial charge < -0.3 is 4.52 Å². The SMILES string of the molecule is CCN(C[C@@H](C)C#N)S(=O)(=O)N(C)Cc1cc(C)on1. The fraction of sp³-hybridized carbons (Fsp3) is 0.667. The zero-order valence-corrected chi connectivity index (χ0v) is 13.0. The molecule has 0 aromatic carbocycles. The first-order chi connectivity index (χ1) is 9.31. The highest BCUT2D eigenvalue weighted by molar-refractivity contribution is 7.86. The minimum Gasteiger partial charge on any atom is -0.361 e. The van der Waals surface area contributed by atoms with Crippen molar-refractivity contribution in [2.45, 2.75) is 27.3 Å². The minimum absolute atomic E-state index is 0.136. The van der Waals surface area contributed by atoms with Crippen molar-refractivity contribution in [2.75, 3.05) is 20.1 Å². The molecule has 0 aliphatic carbocycles. The number of hydrogen-bond donors (Lipinski definition) is 0. The first-order valence-corrected chi connectivity index (χ1v) is 7.74. The van der Waals surface area contributed by atoms with Crippen molar-refractivity contribution in [3.8, 4) is 6.07 Å². The topological polar surface area (TPSA) is 90.4 Å². The van der Waals surface area contributed by atoms with E-state index in [0.29, 0.717) is 18.0 Å². The molecule has 1 atom stereocenters. The summed E-state index contributed by atoms with van der Waals surface area (Å²) in [5, 5.41) is 12.6. The van der Waals surface area contributed by atoms with Gasteiger partial charge in [-0.25, -0.2) is 0 Å². The molecule has 0 saturated carbocycles. The van der Waals surface area contributed by atoms with Crippen LogP contribution in [-0.4, -0.2) is 42.3 Å². The van der Waals surface area contributed by atoms with E-state index in [1.54, 1.807) is 26.8 Å². The van der Waals surface area contributed by atoms with E-state index in [9.17, 15) is 8.42 Å². The van der Waals surface area contributed by atoms with Gasteiger partial charge in [0.1, 0.15) is 5.76 Å². The number of nitriles is 1. The van der Waals surface area contributed by atoms with Crippen LogP contribution in [0.25, 0.3) is 0 Å². The molecule has 112 valence electrons. The van der Waals surface area contributed by atoms with Gasteiger partial charge in [-0.2, -0.15) is 22.3 Å². The second-order valence-electron chi connectivity index (χ2n) is 4.67. The molecule has 0 fully saturated rings. The van der Waals surface area contributed by atoms with Crippen molar-refractivity contribution in [3.05, 3.63) is 17.5 Å². The molecule has 0 spiro atoms. The average Bonchev–Trinajstić information content (AvgIpc) is 2.80. The van der Waals surface area contributed by atoms with Gasteiger partial charge in [0.25, 0.3) is 10.2 Å². The summed E-state index contributed by atoms with van der Waals surface area (Å²) >= 11 is 0. The molecule has 0 saturated heterocycles. The normalized spacial score (nSPS) is 13.7. The first kappa shape index (κ1) is 16.6. The molecule has 0 aliphatic rings. The summed E-state index contributed by atoms with van der Waals surface area (Å²) in [6, 6.07) is 3.74. The third kappa shape index (κ3) is 4.03. The zero-order valence-electron chi connectivity index (χ0n) is 12.2. The molecule has 0 amide bonds. The van der Waals surface area contributed by atoms with Crippen molar-refractivity contribution >= 4 is 10.2 Å². The Morgan fingerprint density at radius 1 is 1.55 bits per heavy atom. The van der Waals surface area contributed by atoms with Crippen molar-refractivity contribution in [2.24, 2.45) is 5.92 Å². The van der Waals surface area contributed by atoms with Gasteiger partial charge in [0.2, 0.25) is 0 Å². The largest absolute Gasteiger partial charge is 0.361 e. The number of aryl methyl sites for hydroxylation is 1. The van der Waals surface area contributed by atoms with Crippen LogP contribution in [0.2, 0.25) is 0 Å². The Bertz CT molecular complexity index is 576. The van der Waals surface area contributed by atoms with Crippen LogP contribution >= 0.6 is 0 Å². The van der Waals surface area contributed by atoms with Gasteiger partial charge in [-0.1, -0.05) is 12.1 Å². The lowest BCUT2D eigenvalue weighted by Gasteiger charge is -2.26. The van der Waals surface area contributed by atoms with E-state index < -0.39 is 10.2 Å². The average molecular weight is 300 g/mol. The van der Waals surface area contributed by atoms with E-state index in [1.165, 1.54) is 15.7 Å². The number of aromatic nitrogens is 1. The Balaban J connectivity index is 2.82. The van der Waals surface area contributed by atoms with Crippen LogP contribution in [0.4, 0.5) is 0 Å². The van der Waals surface area contributed by atoms with E-state index in [2.05, 4.69) is 5.16 Å². The molecule has 0 unspecified atom stereocenters. The molecule has 0 radical (unpaired) electrons. The summed E-state index contributed by atoms with van der Waals surface area (Å²) in [6.07, 6.45) is 0. The highest BCUT2D eigenvalue weighted by Crippen LogP contribution is 2.13. The molecular formula is C12H20N4O3S. The molecule has 0 N–H and O–H groups in total. The standard InChI is InChI=1S/C12H20N4O3S/c1-5-16(8-10(2)7-13)20(17,18)15(4)9-12-6-11(3)19-14-12/h6,10H,5,8-9H2,1-4H3/t10-/m0/s1. The van der Waals surface area contributed by atoms with Crippen molar-refractivity contribution < 1.29 is 12.9 Å². The van der Waals surface area contributed by atoms with E-state index in [-0.39, 0.29) is 19.0 Å². The van der Waals surface area contributed by atoms with Gasteiger partial charge in [-0.05, 0) is 13.8 Å². The second kappa shape index (κ2) is 6.83. The van der Waals surface area contributed by atoms with Crippen LogP contribution < -0.4 is 0 Å². The highest BCUT2D eigenvalue weighted by Gasteiger charge is 2.27. The lowest BCUT2D eigenvalue weighted by molar-refractivity contribution is 0.340. The fourth-order valence-electron chi connectivity index (χ4n) is 1.73. The maximum Gasteiger partial charge on any atom is 0.282 e. The molecule has 1 aromatic heterocycles. The van der Waals surface area contributed by atoms with Crippen LogP contribution in [0.3, 0.4) is 0 Å². The van der Waals surface area contributed by atoms with Crippen LogP contribution in [0.15, 0.2) is 10.6 Å². The summed E-state index contributed by atoms with van der Waals surface area (Å²) < 4.78 is 32.2. The third-order valence-electron chi connectivity index (χ3n) is 2.83. The molecule has 1 aromatic rings. The smallest absolute Gasteiger partial charge is 0.282 e. The lowest BCUT2D eigenvalue weighted by Crippen LogP contribution is -2.43. The molecule has 0 aliphatic heterocycles. The highest BCUT2D eigenvalue weighted by atomic mass is 32.2. The number of nitrogens with zero attached hydrogens (tertiary/aromatic N) is 4. The maximum atomic E-state index is 12.4. The molecule has 20 heavy (non-hydrogen) atoms. The van der Waals surface area contributed by atoms with Crippen molar-refractivity contribution in [1.82, 2.24) is 13.8 Å². The Hall–Kier alpha value is -1.43. The quantitative estimate of drug-likeness (QED) is 0.753. The Labute approximate surface area is 119 Å². The predicted octanol–water partition coefficient (Wildman–Crippen LogP) is 1.14. The van der Waals surface area contributed by atoms with Crippen molar-refractivity contribution in [1.29, 1.82) is 5.26 Å². The van der Waals surface area contributed by atoms with Gasteiger partial charge in [0.05, 0.1) is 24.2 Å². The van der Waals surface area contributed by atoms with E-state index in [0.717, 1.165) is 0 Å². The first-order valence-electron chi connectivity index (χ1n) is 6.34. The number of rotatable bonds is 7. The van der Waals surface area contributed by atoms with Gasteiger partial charge in [-0.15, -0.1) is 0 Å². The predicted molar refractivity (Wildman–Crippen MR) is 73.7 cm³/mol. The Morgan fingerprint density at radius 2 is 2.20 bits per heavy atom. The van der Waals surface area contributed by atoms with Crippen LogP contribution in [-0.2, 0) is 16.8 Å². The van der Waals surface area contributed by atoms with Crippen LogP contribution in [0.5, 0.6) is 0 Å². The zero-order chi connectivity index (χ0) is 15.3. The summed E-state index contributed by atoms with van der Waals surface area (Å²) in [5.41, 5.74) is 0.554. The summed E-state index contributed by atoms with van der Waals surface area (Å²) in [6.45, 7) is 5.82. The third-order valence-corrected chi connectivity index (χ3v) is 4.81. The lowest BCUT2D eigenvalue weighted by atomic mass is 10.2. The molecule has 0 bridgehead atoms. The summed E-state index contributed by atoms with van der Waals surface area (Å²) in [5.74, 6) is 0.281. The molecule has 1 rings (SSSR count). The summed E-state index contributed by atoms with van der Waals surface area (Å²) in [4.78, 5) is 0. The monoisotopic (exact) mass is 300 g/mol. The fourth-order valence-corrected chi connectivity index (χ4v) is 3.16. The van der Waals surface area contributed by atoms with Crippen LogP contribution in [0, 0.1) is 24.2 Å². The number of hydrogen-bond acceptors (Lipinski definition) is 5. The molecule has 8 heteroatoms. The Kier molecular flexibility index (Phi) is 5.68. The van der Waals surface area contributed by atoms with Gasteiger partial charge in [-0.3, -0.25) is 0 Å². The Morgan fingerprint density at radius 3 is 2.65 bits per heavy atom. The molecule has 1 heterocycles. The van der Waals surface area contributed by atoms with Gasteiger partial charge in [0, 0.05) is 26.2 Å². The second-order valence-corrected chi connectivity index (χ2v) is 6.71. The van der Waals surface area contributed by atoms with E-state index >= 15 is 0 Å². The van der Waals surface area contributed by atoms with Crippen molar-refractivity contribution in [3.63, 3.8) is 0 Å². The maximum absolute atomic E-state index is 12.4. The molecule has 7 nitrogen and oxygen atoms in total. The van der Waals surface area contributed by atoms with E-state index in [4.69, 9.17) is 9.78 Å².